The topological polar surface area (TPSA) is 84.9 Å². The Morgan fingerprint density at radius 2 is 1.53 bits per heavy atom. The minimum Gasteiger partial charge on any atom is -0.493 e. The van der Waals surface area contributed by atoms with Crippen LogP contribution in [0, 0.1) is 6.92 Å². The highest BCUT2D eigenvalue weighted by molar-refractivity contribution is 7.92. The molecule has 0 atom stereocenters. The molecule has 1 N–H and O–H groups in total. The highest BCUT2D eigenvalue weighted by atomic mass is 32.2. The van der Waals surface area contributed by atoms with E-state index in [0.29, 0.717) is 29.3 Å². The summed E-state index contributed by atoms with van der Waals surface area (Å²) in [5.74, 6) is 1.03. The number of hydrogen-bond donors (Lipinski definition) is 1. The number of nitrogens with one attached hydrogen (secondary N) is 1. The molecule has 3 aromatic rings. The van der Waals surface area contributed by atoms with Crippen molar-refractivity contribution in [1.82, 2.24) is 4.90 Å². The molecule has 1 amide bonds. The zero-order valence-electron chi connectivity index (χ0n) is 18.5. The van der Waals surface area contributed by atoms with Gasteiger partial charge in [-0.2, -0.15) is 0 Å². The van der Waals surface area contributed by atoms with Gasteiger partial charge in [0.15, 0.2) is 11.5 Å². The van der Waals surface area contributed by atoms with Gasteiger partial charge in [0.2, 0.25) is 0 Å². The first-order chi connectivity index (χ1) is 15.2. The Labute approximate surface area is 188 Å². The van der Waals surface area contributed by atoms with Crippen LogP contribution < -0.4 is 14.2 Å². The number of hydrogen-bond acceptors (Lipinski definition) is 5. The van der Waals surface area contributed by atoms with Crippen LogP contribution in [0.4, 0.5) is 5.69 Å². The van der Waals surface area contributed by atoms with Gasteiger partial charge >= 0.3 is 0 Å². The van der Waals surface area contributed by atoms with Crippen molar-refractivity contribution in [3.8, 4) is 11.5 Å². The average Bonchev–Trinajstić information content (AvgIpc) is 2.79. The highest BCUT2D eigenvalue weighted by Crippen LogP contribution is 2.28. The van der Waals surface area contributed by atoms with Crippen molar-refractivity contribution in [3.05, 3.63) is 83.4 Å². The van der Waals surface area contributed by atoms with Crippen LogP contribution in [0.25, 0.3) is 0 Å². The molecule has 0 fully saturated rings. The van der Waals surface area contributed by atoms with E-state index in [4.69, 9.17) is 9.47 Å². The van der Waals surface area contributed by atoms with Gasteiger partial charge in [-0.1, -0.05) is 23.8 Å². The largest absolute Gasteiger partial charge is 0.493 e. The summed E-state index contributed by atoms with van der Waals surface area (Å²) < 4.78 is 38.2. The maximum atomic E-state index is 12.8. The maximum absolute atomic E-state index is 12.8. The molecule has 0 spiro atoms. The first-order valence-corrected chi connectivity index (χ1v) is 11.4. The van der Waals surface area contributed by atoms with E-state index in [-0.39, 0.29) is 10.8 Å². The third-order valence-electron chi connectivity index (χ3n) is 4.93. The third-order valence-corrected chi connectivity index (χ3v) is 6.33. The number of amides is 1. The first kappa shape index (κ1) is 23.1. The zero-order valence-corrected chi connectivity index (χ0v) is 19.3. The van der Waals surface area contributed by atoms with Gasteiger partial charge < -0.3 is 14.4 Å². The van der Waals surface area contributed by atoms with E-state index in [2.05, 4.69) is 4.72 Å². The zero-order chi connectivity index (χ0) is 23.3. The molecule has 0 bridgehead atoms. The van der Waals surface area contributed by atoms with E-state index in [9.17, 15) is 13.2 Å². The number of rotatable bonds is 8. The van der Waals surface area contributed by atoms with Crippen LogP contribution in [0.15, 0.2) is 71.6 Å². The quantitative estimate of drug-likeness (QED) is 0.554. The number of anilines is 1. The number of sulfonamides is 1. The van der Waals surface area contributed by atoms with Crippen LogP contribution in [0.2, 0.25) is 0 Å². The van der Waals surface area contributed by atoms with Crippen molar-refractivity contribution in [2.75, 3.05) is 26.0 Å². The van der Waals surface area contributed by atoms with Gasteiger partial charge in [-0.3, -0.25) is 9.52 Å². The molecule has 0 saturated heterocycles. The number of benzene rings is 3. The Balaban J connectivity index is 1.68. The third kappa shape index (κ3) is 5.39. The summed E-state index contributed by atoms with van der Waals surface area (Å²) in [5.41, 5.74) is 2.70. The van der Waals surface area contributed by atoms with Gasteiger partial charge in [0.25, 0.3) is 15.9 Å². The summed E-state index contributed by atoms with van der Waals surface area (Å²) >= 11 is 0. The summed E-state index contributed by atoms with van der Waals surface area (Å²) in [6, 6.07) is 18.4. The Morgan fingerprint density at radius 1 is 0.906 bits per heavy atom. The minimum atomic E-state index is -3.70. The molecule has 7 nitrogen and oxygen atoms in total. The van der Waals surface area contributed by atoms with E-state index in [1.54, 1.807) is 80.8 Å². The van der Waals surface area contributed by atoms with Crippen molar-refractivity contribution in [2.24, 2.45) is 0 Å². The summed E-state index contributed by atoms with van der Waals surface area (Å²) in [7, 11) is 1.13. The fourth-order valence-electron chi connectivity index (χ4n) is 3.16. The molecule has 3 aromatic carbocycles. The lowest BCUT2D eigenvalue weighted by molar-refractivity contribution is 0.0785. The molecule has 8 heteroatoms. The Bertz CT molecular complexity index is 1190. The number of ether oxygens (including phenoxy) is 2. The standard InChI is InChI=1S/C24H26N2O5S/c1-17-5-12-21(13-6-17)32(28,29)25-20-10-8-19(9-11-20)24(27)26(2)16-18-7-14-22(30-3)23(15-18)31-4/h5-15,25H,16H2,1-4H3. The van der Waals surface area contributed by atoms with Crippen LogP contribution in [0.5, 0.6) is 11.5 Å². The number of carbonyl (C=O) groups is 1. The monoisotopic (exact) mass is 454 g/mol. The van der Waals surface area contributed by atoms with Gasteiger partial charge in [-0.05, 0) is 61.0 Å². The van der Waals surface area contributed by atoms with Crippen molar-refractivity contribution in [1.29, 1.82) is 0 Å². The summed E-state index contributed by atoms with van der Waals surface area (Å²) in [5, 5.41) is 0. The summed E-state index contributed by atoms with van der Waals surface area (Å²) in [6.45, 7) is 2.27. The molecule has 0 heterocycles. The van der Waals surface area contributed by atoms with E-state index in [1.165, 1.54) is 0 Å². The molecule has 0 aliphatic rings. The van der Waals surface area contributed by atoms with E-state index in [0.717, 1.165) is 11.1 Å². The predicted octanol–water partition coefficient (Wildman–Crippen LogP) is 4.09. The van der Waals surface area contributed by atoms with Crippen LogP contribution >= 0.6 is 0 Å². The second-order valence-corrected chi connectivity index (χ2v) is 9.03. The van der Waals surface area contributed by atoms with Crippen molar-refractivity contribution in [2.45, 2.75) is 18.4 Å². The van der Waals surface area contributed by atoms with E-state index in [1.807, 2.05) is 19.1 Å². The minimum absolute atomic E-state index is 0.179. The van der Waals surface area contributed by atoms with Gasteiger partial charge in [0.05, 0.1) is 19.1 Å². The van der Waals surface area contributed by atoms with Gasteiger partial charge in [0, 0.05) is 24.8 Å². The fraction of sp³-hybridized carbons (Fsp3) is 0.208. The summed E-state index contributed by atoms with van der Waals surface area (Å²) in [4.78, 5) is 14.6. The predicted molar refractivity (Wildman–Crippen MR) is 124 cm³/mol. The van der Waals surface area contributed by atoms with Crippen molar-refractivity contribution >= 4 is 21.6 Å². The second-order valence-electron chi connectivity index (χ2n) is 7.35. The molecule has 0 aromatic heterocycles. The molecule has 168 valence electrons. The van der Waals surface area contributed by atoms with Gasteiger partial charge in [-0.25, -0.2) is 8.42 Å². The van der Waals surface area contributed by atoms with Gasteiger partial charge in [-0.15, -0.1) is 0 Å². The summed E-state index contributed by atoms with van der Waals surface area (Å²) in [6.07, 6.45) is 0. The van der Waals surface area contributed by atoms with Crippen LogP contribution in [0.3, 0.4) is 0 Å². The Hall–Kier alpha value is -3.52. The molecule has 0 aliphatic carbocycles. The smallest absolute Gasteiger partial charge is 0.261 e. The molecule has 0 unspecified atom stereocenters. The normalized spacial score (nSPS) is 11.0. The molecular weight excluding hydrogens is 428 g/mol. The van der Waals surface area contributed by atoms with E-state index < -0.39 is 10.0 Å². The van der Waals surface area contributed by atoms with Crippen LogP contribution in [-0.2, 0) is 16.6 Å². The molecule has 32 heavy (non-hydrogen) atoms. The molecule has 0 saturated carbocycles. The number of carbonyl (C=O) groups excluding carboxylic acids is 1. The number of nitrogens with zero attached hydrogens (tertiary/aromatic N) is 1. The highest BCUT2D eigenvalue weighted by Gasteiger charge is 2.16. The van der Waals surface area contributed by atoms with Gasteiger partial charge in [0.1, 0.15) is 0 Å². The lowest BCUT2D eigenvalue weighted by atomic mass is 10.1. The van der Waals surface area contributed by atoms with E-state index >= 15 is 0 Å². The second kappa shape index (κ2) is 9.74. The first-order valence-electron chi connectivity index (χ1n) is 9.89. The van der Waals surface area contributed by atoms with Crippen molar-refractivity contribution in [3.63, 3.8) is 0 Å². The fourth-order valence-corrected chi connectivity index (χ4v) is 4.22. The molecule has 0 radical (unpaired) electrons. The number of aryl methyl sites for hydroxylation is 1. The Morgan fingerprint density at radius 3 is 2.12 bits per heavy atom. The maximum Gasteiger partial charge on any atom is 0.261 e. The average molecular weight is 455 g/mol. The van der Waals surface area contributed by atoms with Crippen LogP contribution in [0.1, 0.15) is 21.5 Å². The van der Waals surface area contributed by atoms with Crippen LogP contribution in [-0.4, -0.2) is 40.5 Å². The Kier molecular flexibility index (Phi) is 7.05. The lowest BCUT2D eigenvalue weighted by Crippen LogP contribution is -2.26. The molecule has 0 aliphatic heterocycles. The number of methoxy groups -OCH3 is 2. The lowest BCUT2D eigenvalue weighted by Gasteiger charge is -2.18. The SMILES string of the molecule is COc1ccc(CN(C)C(=O)c2ccc(NS(=O)(=O)c3ccc(C)cc3)cc2)cc1OC. The van der Waals surface area contributed by atoms with Crippen molar-refractivity contribution < 1.29 is 22.7 Å². The molecule has 3 rings (SSSR count). The molecular formula is C24H26N2O5S.